The summed E-state index contributed by atoms with van der Waals surface area (Å²) in [6.45, 7) is 3.28. The Bertz CT molecular complexity index is 678. The number of rotatable bonds is 6. The van der Waals surface area contributed by atoms with Crippen LogP contribution in [0.5, 0.6) is 0 Å². The van der Waals surface area contributed by atoms with E-state index in [0.29, 0.717) is 38.7 Å². The molecule has 1 fully saturated rings. The van der Waals surface area contributed by atoms with Gasteiger partial charge in [0.05, 0.1) is 19.1 Å². The zero-order valence-corrected chi connectivity index (χ0v) is 14.0. The maximum atomic E-state index is 11.2. The lowest BCUT2D eigenvalue weighted by molar-refractivity contribution is -0.143. The predicted octanol–water partition coefficient (Wildman–Crippen LogP) is 1.62. The molecule has 1 atom stereocenters. The lowest BCUT2D eigenvalue weighted by Gasteiger charge is -2.21. The lowest BCUT2D eigenvalue weighted by atomic mass is 10.1. The minimum Gasteiger partial charge on any atom is -0.481 e. The average molecular weight is 342 g/mol. The number of nitrogens with one attached hydrogen (secondary N) is 1. The average Bonchev–Trinajstić information content (AvgIpc) is 2.88. The standard InChI is InChI=1S/C18H22N4O3/c23-17(24)16-12-22(6-7-25-13-16)11-15-9-20-18(21-10-15)19-8-14-4-2-1-3-5-14/h1-5,9-10,16H,6-8,11-13H2,(H,23,24)(H,19,20,21). The number of hydrogen-bond donors (Lipinski definition) is 2. The minimum absolute atomic E-state index is 0.269. The molecule has 1 saturated heterocycles. The number of nitrogens with zero attached hydrogens (tertiary/aromatic N) is 3. The van der Waals surface area contributed by atoms with Crippen LogP contribution in [0.2, 0.25) is 0 Å². The van der Waals surface area contributed by atoms with E-state index < -0.39 is 11.9 Å². The normalized spacial score (nSPS) is 18.5. The molecular formula is C18H22N4O3. The summed E-state index contributed by atoms with van der Waals surface area (Å²) in [6, 6.07) is 10.1. The first-order chi connectivity index (χ1) is 12.2. The molecule has 1 aromatic carbocycles. The van der Waals surface area contributed by atoms with Crippen molar-refractivity contribution >= 4 is 11.9 Å². The lowest BCUT2D eigenvalue weighted by Crippen LogP contribution is -2.33. The largest absolute Gasteiger partial charge is 0.481 e. The Morgan fingerprint density at radius 2 is 2.00 bits per heavy atom. The van der Waals surface area contributed by atoms with Crippen LogP contribution < -0.4 is 5.32 Å². The van der Waals surface area contributed by atoms with Crippen LogP contribution in [0.15, 0.2) is 42.7 Å². The minimum atomic E-state index is -0.816. The molecule has 1 aromatic heterocycles. The van der Waals surface area contributed by atoms with Gasteiger partial charge in [0, 0.05) is 44.1 Å². The van der Waals surface area contributed by atoms with Crippen LogP contribution in [0, 0.1) is 5.92 Å². The van der Waals surface area contributed by atoms with E-state index in [2.05, 4.69) is 20.2 Å². The first-order valence-electron chi connectivity index (χ1n) is 8.32. The van der Waals surface area contributed by atoms with Gasteiger partial charge in [-0.3, -0.25) is 9.69 Å². The zero-order valence-electron chi connectivity index (χ0n) is 14.0. The van der Waals surface area contributed by atoms with Crippen LogP contribution in [-0.2, 0) is 22.6 Å². The molecule has 132 valence electrons. The van der Waals surface area contributed by atoms with Crippen molar-refractivity contribution in [1.82, 2.24) is 14.9 Å². The van der Waals surface area contributed by atoms with Crippen molar-refractivity contribution in [2.24, 2.45) is 5.92 Å². The molecule has 3 rings (SSSR count). The van der Waals surface area contributed by atoms with Crippen LogP contribution in [0.1, 0.15) is 11.1 Å². The number of carboxylic acid groups (broad SMARTS) is 1. The van der Waals surface area contributed by atoms with Crippen LogP contribution in [-0.4, -0.2) is 52.2 Å². The third kappa shape index (κ3) is 5.23. The SMILES string of the molecule is O=C(O)C1COCCN(Cc2cnc(NCc3ccccc3)nc2)C1. The van der Waals surface area contributed by atoms with Crippen molar-refractivity contribution in [2.45, 2.75) is 13.1 Å². The van der Waals surface area contributed by atoms with Gasteiger partial charge in [-0.2, -0.15) is 0 Å². The topological polar surface area (TPSA) is 87.6 Å². The fraction of sp³-hybridized carbons (Fsp3) is 0.389. The third-order valence-electron chi connectivity index (χ3n) is 4.10. The van der Waals surface area contributed by atoms with Crippen molar-refractivity contribution in [3.63, 3.8) is 0 Å². The van der Waals surface area contributed by atoms with Gasteiger partial charge in [-0.25, -0.2) is 9.97 Å². The van der Waals surface area contributed by atoms with E-state index in [9.17, 15) is 9.90 Å². The number of carbonyl (C=O) groups is 1. The summed E-state index contributed by atoms with van der Waals surface area (Å²) in [5.74, 6) is -0.728. The molecular weight excluding hydrogens is 320 g/mol. The summed E-state index contributed by atoms with van der Waals surface area (Å²) in [5.41, 5.74) is 2.12. The van der Waals surface area contributed by atoms with E-state index in [-0.39, 0.29) is 6.61 Å². The molecule has 25 heavy (non-hydrogen) atoms. The van der Waals surface area contributed by atoms with Crippen LogP contribution >= 0.6 is 0 Å². The Labute approximate surface area is 146 Å². The second kappa shape index (κ2) is 8.55. The predicted molar refractivity (Wildman–Crippen MR) is 93.0 cm³/mol. The molecule has 2 aromatic rings. The van der Waals surface area contributed by atoms with Crippen molar-refractivity contribution in [1.29, 1.82) is 0 Å². The molecule has 2 N–H and O–H groups in total. The molecule has 7 heteroatoms. The molecule has 1 aliphatic rings. The Balaban J connectivity index is 1.54. The molecule has 7 nitrogen and oxygen atoms in total. The molecule has 0 amide bonds. The van der Waals surface area contributed by atoms with Crippen LogP contribution in [0.25, 0.3) is 0 Å². The molecule has 1 aliphatic heterocycles. The summed E-state index contributed by atoms with van der Waals surface area (Å²) in [4.78, 5) is 22.0. The van der Waals surface area contributed by atoms with Gasteiger partial charge in [-0.15, -0.1) is 0 Å². The van der Waals surface area contributed by atoms with Crippen LogP contribution in [0.4, 0.5) is 5.95 Å². The first kappa shape index (κ1) is 17.3. The number of ether oxygens (including phenoxy) is 1. The van der Waals surface area contributed by atoms with Gasteiger partial charge in [0.2, 0.25) is 5.95 Å². The Kier molecular flexibility index (Phi) is 5.92. The van der Waals surface area contributed by atoms with E-state index in [1.54, 1.807) is 12.4 Å². The monoisotopic (exact) mass is 342 g/mol. The fourth-order valence-corrected chi connectivity index (χ4v) is 2.73. The van der Waals surface area contributed by atoms with Gasteiger partial charge in [-0.05, 0) is 5.56 Å². The highest BCUT2D eigenvalue weighted by Gasteiger charge is 2.24. The second-order valence-electron chi connectivity index (χ2n) is 6.10. The number of anilines is 1. The molecule has 0 spiro atoms. The third-order valence-corrected chi connectivity index (χ3v) is 4.10. The zero-order chi connectivity index (χ0) is 17.5. The van der Waals surface area contributed by atoms with E-state index >= 15 is 0 Å². The Hall–Kier alpha value is -2.51. The van der Waals surface area contributed by atoms with E-state index in [1.165, 1.54) is 5.56 Å². The van der Waals surface area contributed by atoms with Crippen LogP contribution in [0.3, 0.4) is 0 Å². The van der Waals surface area contributed by atoms with Gasteiger partial charge < -0.3 is 15.2 Å². The number of hydrogen-bond acceptors (Lipinski definition) is 6. The molecule has 0 aliphatic carbocycles. The van der Waals surface area contributed by atoms with Crippen molar-refractivity contribution < 1.29 is 14.6 Å². The maximum absolute atomic E-state index is 11.2. The molecule has 1 unspecified atom stereocenters. The number of aromatic nitrogens is 2. The highest BCUT2D eigenvalue weighted by atomic mass is 16.5. The second-order valence-corrected chi connectivity index (χ2v) is 6.10. The van der Waals surface area contributed by atoms with Gasteiger partial charge >= 0.3 is 5.97 Å². The van der Waals surface area contributed by atoms with E-state index in [0.717, 1.165) is 5.56 Å². The van der Waals surface area contributed by atoms with Gasteiger partial charge in [0.15, 0.2) is 0 Å². The molecule has 0 bridgehead atoms. The summed E-state index contributed by atoms with van der Waals surface area (Å²) < 4.78 is 5.37. The smallest absolute Gasteiger partial charge is 0.310 e. The van der Waals surface area contributed by atoms with Gasteiger partial charge in [-0.1, -0.05) is 30.3 Å². The van der Waals surface area contributed by atoms with Gasteiger partial charge in [0.25, 0.3) is 0 Å². The quantitative estimate of drug-likeness (QED) is 0.825. The Morgan fingerprint density at radius 1 is 1.24 bits per heavy atom. The summed E-state index contributed by atoms with van der Waals surface area (Å²) in [5, 5.41) is 12.4. The maximum Gasteiger partial charge on any atom is 0.310 e. The fourth-order valence-electron chi connectivity index (χ4n) is 2.73. The summed E-state index contributed by atoms with van der Waals surface area (Å²) in [7, 11) is 0. The van der Waals surface area contributed by atoms with E-state index in [4.69, 9.17) is 4.74 Å². The summed E-state index contributed by atoms with van der Waals surface area (Å²) >= 11 is 0. The molecule has 0 saturated carbocycles. The number of carboxylic acids is 1. The van der Waals surface area contributed by atoms with E-state index in [1.807, 2.05) is 30.3 Å². The summed E-state index contributed by atoms with van der Waals surface area (Å²) in [6.07, 6.45) is 3.56. The highest BCUT2D eigenvalue weighted by molar-refractivity contribution is 5.70. The van der Waals surface area contributed by atoms with Crippen molar-refractivity contribution in [3.8, 4) is 0 Å². The number of aliphatic carboxylic acids is 1. The Morgan fingerprint density at radius 3 is 2.72 bits per heavy atom. The van der Waals surface area contributed by atoms with Crippen molar-refractivity contribution in [3.05, 3.63) is 53.9 Å². The highest BCUT2D eigenvalue weighted by Crippen LogP contribution is 2.12. The number of benzene rings is 1. The first-order valence-corrected chi connectivity index (χ1v) is 8.32. The molecule has 0 radical (unpaired) electrons. The van der Waals surface area contributed by atoms with Gasteiger partial charge in [0.1, 0.15) is 0 Å². The van der Waals surface area contributed by atoms with Crippen molar-refractivity contribution in [2.75, 3.05) is 31.6 Å². The molecule has 2 heterocycles.